The van der Waals surface area contributed by atoms with Crippen molar-refractivity contribution in [3.8, 4) is 0 Å². The SMILES string of the molecule is O=NCC1=CC[C@H](C2C=C[C@@H](C3CCCCC3)CC2)CC1. The first-order valence-electron chi connectivity index (χ1n) is 9.02. The van der Waals surface area contributed by atoms with Crippen LogP contribution in [0.3, 0.4) is 0 Å². The predicted molar refractivity (Wildman–Crippen MR) is 88.0 cm³/mol. The fourth-order valence-electron chi connectivity index (χ4n) is 4.73. The summed E-state index contributed by atoms with van der Waals surface area (Å²) in [5.41, 5.74) is 1.26. The van der Waals surface area contributed by atoms with Crippen molar-refractivity contribution in [1.29, 1.82) is 0 Å². The quantitative estimate of drug-likeness (QED) is 0.486. The zero-order chi connectivity index (χ0) is 14.5. The highest BCUT2D eigenvalue weighted by Crippen LogP contribution is 2.40. The molecule has 0 aliphatic heterocycles. The van der Waals surface area contributed by atoms with Gasteiger partial charge in [-0.15, -0.1) is 0 Å². The average molecular weight is 287 g/mol. The molecule has 2 nitrogen and oxygen atoms in total. The Bertz CT molecular complexity index is 406. The van der Waals surface area contributed by atoms with E-state index in [0.29, 0.717) is 6.54 Å². The minimum Gasteiger partial charge on any atom is -0.150 e. The maximum absolute atomic E-state index is 10.3. The summed E-state index contributed by atoms with van der Waals surface area (Å²) >= 11 is 0. The molecule has 3 rings (SSSR count). The second-order valence-corrected chi connectivity index (χ2v) is 7.37. The van der Waals surface area contributed by atoms with Crippen LogP contribution in [0.25, 0.3) is 0 Å². The van der Waals surface area contributed by atoms with E-state index < -0.39 is 0 Å². The lowest BCUT2D eigenvalue weighted by atomic mass is 9.70. The number of allylic oxidation sites excluding steroid dienone is 3. The maximum Gasteiger partial charge on any atom is 0.102 e. The molecule has 3 atom stereocenters. The van der Waals surface area contributed by atoms with E-state index in [-0.39, 0.29) is 0 Å². The van der Waals surface area contributed by atoms with Gasteiger partial charge in [0, 0.05) is 0 Å². The van der Waals surface area contributed by atoms with Crippen LogP contribution in [0, 0.1) is 28.6 Å². The first kappa shape index (κ1) is 15.0. The van der Waals surface area contributed by atoms with E-state index in [0.717, 1.165) is 36.5 Å². The van der Waals surface area contributed by atoms with Gasteiger partial charge in [0.15, 0.2) is 0 Å². The lowest BCUT2D eigenvalue weighted by Gasteiger charge is -2.35. The normalized spacial score (nSPS) is 34.5. The Morgan fingerprint density at radius 2 is 1.62 bits per heavy atom. The summed E-state index contributed by atoms with van der Waals surface area (Å²) in [7, 11) is 0. The number of hydrogen-bond donors (Lipinski definition) is 0. The van der Waals surface area contributed by atoms with Crippen LogP contribution < -0.4 is 0 Å². The van der Waals surface area contributed by atoms with Crippen LogP contribution in [0.2, 0.25) is 0 Å². The van der Waals surface area contributed by atoms with Gasteiger partial charge < -0.3 is 0 Å². The molecule has 0 aromatic carbocycles. The van der Waals surface area contributed by atoms with Crippen molar-refractivity contribution in [2.45, 2.75) is 64.2 Å². The minimum absolute atomic E-state index is 0.414. The van der Waals surface area contributed by atoms with Crippen molar-refractivity contribution >= 4 is 0 Å². The Labute approximate surface area is 129 Å². The highest BCUT2D eigenvalue weighted by Gasteiger charge is 2.28. The molecule has 0 saturated heterocycles. The van der Waals surface area contributed by atoms with Gasteiger partial charge in [0.1, 0.15) is 6.54 Å². The predicted octanol–water partition coefficient (Wildman–Crippen LogP) is 5.64. The molecule has 0 spiro atoms. The summed E-state index contributed by atoms with van der Waals surface area (Å²) in [6, 6.07) is 0. The molecule has 21 heavy (non-hydrogen) atoms. The summed E-state index contributed by atoms with van der Waals surface area (Å²) in [5, 5.41) is 3.03. The van der Waals surface area contributed by atoms with E-state index in [4.69, 9.17) is 0 Å². The van der Waals surface area contributed by atoms with Gasteiger partial charge in [0.05, 0.1) is 0 Å². The highest BCUT2D eigenvalue weighted by molar-refractivity contribution is 5.11. The Morgan fingerprint density at radius 1 is 0.905 bits per heavy atom. The fourth-order valence-corrected chi connectivity index (χ4v) is 4.73. The lowest BCUT2D eigenvalue weighted by Crippen LogP contribution is -2.24. The summed E-state index contributed by atoms with van der Waals surface area (Å²) in [6.07, 6.45) is 21.0. The Morgan fingerprint density at radius 3 is 2.19 bits per heavy atom. The number of rotatable bonds is 4. The Balaban J connectivity index is 1.51. The van der Waals surface area contributed by atoms with E-state index >= 15 is 0 Å². The molecule has 0 bridgehead atoms. The molecule has 0 N–H and O–H groups in total. The topological polar surface area (TPSA) is 29.4 Å². The van der Waals surface area contributed by atoms with E-state index in [1.807, 2.05) is 0 Å². The molecule has 0 amide bonds. The van der Waals surface area contributed by atoms with Crippen molar-refractivity contribution in [1.82, 2.24) is 0 Å². The first-order valence-corrected chi connectivity index (χ1v) is 9.02. The van der Waals surface area contributed by atoms with Crippen LogP contribution in [-0.2, 0) is 0 Å². The minimum atomic E-state index is 0.414. The molecule has 0 heterocycles. The molecule has 0 aromatic rings. The van der Waals surface area contributed by atoms with E-state index in [2.05, 4.69) is 23.4 Å². The highest BCUT2D eigenvalue weighted by atomic mass is 16.3. The number of hydrogen-bond acceptors (Lipinski definition) is 2. The number of nitroso groups, excluding NO2 is 1. The molecule has 1 unspecified atom stereocenters. The summed E-state index contributed by atoms with van der Waals surface area (Å²) in [4.78, 5) is 10.3. The van der Waals surface area contributed by atoms with Crippen LogP contribution in [-0.4, -0.2) is 6.54 Å². The van der Waals surface area contributed by atoms with Crippen LogP contribution in [0.4, 0.5) is 0 Å². The molecule has 3 aliphatic rings. The zero-order valence-corrected chi connectivity index (χ0v) is 13.2. The monoisotopic (exact) mass is 287 g/mol. The van der Waals surface area contributed by atoms with Gasteiger partial charge >= 0.3 is 0 Å². The zero-order valence-electron chi connectivity index (χ0n) is 13.2. The molecule has 1 saturated carbocycles. The first-order chi connectivity index (χ1) is 10.4. The second kappa shape index (κ2) is 7.38. The molecular weight excluding hydrogens is 258 g/mol. The smallest absolute Gasteiger partial charge is 0.102 e. The summed E-state index contributed by atoms with van der Waals surface area (Å²) in [6.45, 7) is 0.414. The Kier molecular flexibility index (Phi) is 5.27. The molecule has 3 aliphatic carbocycles. The van der Waals surface area contributed by atoms with Crippen LogP contribution in [0.5, 0.6) is 0 Å². The largest absolute Gasteiger partial charge is 0.150 e. The van der Waals surface area contributed by atoms with Gasteiger partial charge in [-0.2, -0.15) is 4.91 Å². The van der Waals surface area contributed by atoms with Gasteiger partial charge in [-0.05, 0) is 74.2 Å². The van der Waals surface area contributed by atoms with Crippen molar-refractivity contribution in [2.75, 3.05) is 6.54 Å². The Hall–Kier alpha value is -0.920. The molecule has 2 heteroatoms. The molecule has 116 valence electrons. The van der Waals surface area contributed by atoms with E-state index in [1.54, 1.807) is 0 Å². The van der Waals surface area contributed by atoms with Crippen molar-refractivity contribution in [3.05, 3.63) is 28.7 Å². The lowest BCUT2D eigenvalue weighted by molar-refractivity contribution is 0.235. The van der Waals surface area contributed by atoms with E-state index in [1.165, 1.54) is 56.9 Å². The molecule has 1 fully saturated rings. The van der Waals surface area contributed by atoms with Crippen LogP contribution in [0.1, 0.15) is 64.2 Å². The van der Waals surface area contributed by atoms with Gasteiger partial charge in [-0.25, -0.2) is 0 Å². The van der Waals surface area contributed by atoms with Gasteiger partial charge in [0.2, 0.25) is 0 Å². The summed E-state index contributed by atoms with van der Waals surface area (Å²) in [5.74, 6) is 3.44. The van der Waals surface area contributed by atoms with Crippen LogP contribution >= 0.6 is 0 Å². The standard InChI is InChI=1S/C19H29NO/c21-20-14-15-6-8-17(9-7-15)19-12-10-18(11-13-19)16-4-2-1-3-5-16/h6,10,12,16-19H,1-5,7-9,11,13-14H2/t17-,18+,19?/m0/s1. The van der Waals surface area contributed by atoms with Gasteiger partial charge in [0.25, 0.3) is 0 Å². The third-order valence-electron chi connectivity index (χ3n) is 6.11. The average Bonchev–Trinajstić information content (AvgIpc) is 2.57. The molecular formula is C19H29NO. The third kappa shape index (κ3) is 3.84. The van der Waals surface area contributed by atoms with Gasteiger partial charge in [-0.1, -0.05) is 42.7 Å². The van der Waals surface area contributed by atoms with Crippen molar-refractivity contribution in [2.24, 2.45) is 28.8 Å². The molecule has 0 radical (unpaired) electrons. The number of nitrogens with zero attached hydrogens (tertiary/aromatic N) is 1. The maximum atomic E-state index is 10.3. The third-order valence-corrected chi connectivity index (χ3v) is 6.11. The van der Waals surface area contributed by atoms with Crippen LogP contribution in [0.15, 0.2) is 29.0 Å². The second-order valence-electron chi connectivity index (χ2n) is 7.37. The fraction of sp³-hybridized carbons (Fsp3) is 0.789. The summed E-state index contributed by atoms with van der Waals surface area (Å²) < 4.78 is 0. The molecule has 0 aromatic heterocycles. The van der Waals surface area contributed by atoms with Gasteiger partial charge in [-0.3, -0.25) is 0 Å². The van der Waals surface area contributed by atoms with E-state index in [9.17, 15) is 4.91 Å². The van der Waals surface area contributed by atoms with Crippen molar-refractivity contribution in [3.63, 3.8) is 0 Å². The van der Waals surface area contributed by atoms with Crippen molar-refractivity contribution < 1.29 is 0 Å².